The number of phenols is 2. The molecule has 0 spiro atoms. The van der Waals surface area contributed by atoms with Crippen LogP contribution in [0.2, 0.25) is 0 Å². The van der Waals surface area contributed by atoms with E-state index in [1.165, 1.54) is 12.1 Å². The molecule has 6 nitrogen and oxygen atoms in total. The highest BCUT2D eigenvalue weighted by atomic mass is 16.4. The molecule has 2 aromatic carbocycles. The first-order chi connectivity index (χ1) is 11.5. The lowest BCUT2D eigenvalue weighted by Crippen LogP contribution is -2.22. The lowest BCUT2D eigenvalue weighted by molar-refractivity contribution is 0.0974. The molecular weight excluding hydrogens is 310 g/mol. The number of carbonyl (C=O) groups excluding carboxylic acids is 2. The standard InChI is InChI=1S/C18H15NO5/c1-2-5-12(19-24)11-8-13(20)14-15(18(11)23)17(22)10-7-4-3-6-9(10)16(14)21/h3-4,6-8,20,23-24H,2,5H2,1H3/b19-12-. The molecule has 0 unspecified atom stereocenters. The van der Waals surface area contributed by atoms with Gasteiger partial charge in [-0.3, -0.25) is 9.59 Å². The quantitative estimate of drug-likeness (QED) is 0.297. The van der Waals surface area contributed by atoms with Crippen molar-refractivity contribution in [3.8, 4) is 11.5 Å². The summed E-state index contributed by atoms with van der Waals surface area (Å²) in [5, 5.41) is 33.1. The van der Waals surface area contributed by atoms with Gasteiger partial charge in [-0.2, -0.15) is 0 Å². The number of carbonyl (C=O) groups is 2. The Kier molecular flexibility index (Phi) is 3.81. The van der Waals surface area contributed by atoms with E-state index in [0.717, 1.165) is 6.07 Å². The Morgan fingerprint density at radius 2 is 1.62 bits per heavy atom. The number of fused-ring (bicyclic) bond motifs is 2. The van der Waals surface area contributed by atoms with Gasteiger partial charge in [0.1, 0.15) is 11.5 Å². The summed E-state index contributed by atoms with van der Waals surface area (Å²) in [7, 11) is 0. The van der Waals surface area contributed by atoms with E-state index < -0.39 is 23.1 Å². The van der Waals surface area contributed by atoms with Gasteiger partial charge in [0.15, 0.2) is 11.6 Å². The molecule has 0 aromatic heterocycles. The van der Waals surface area contributed by atoms with E-state index in [4.69, 9.17) is 5.21 Å². The Hall–Kier alpha value is -3.15. The summed E-state index contributed by atoms with van der Waals surface area (Å²) in [6, 6.07) is 7.39. The average molecular weight is 325 g/mol. The average Bonchev–Trinajstić information content (AvgIpc) is 2.59. The molecule has 0 radical (unpaired) electrons. The van der Waals surface area contributed by atoms with Gasteiger partial charge in [0.05, 0.1) is 16.8 Å². The Labute approximate surface area is 137 Å². The number of rotatable bonds is 3. The first-order valence-corrected chi connectivity index (χ1v) is 7.49. The van der Waals surface area contributed by atoms with Crippen molar-refractivity contribution in [2.75, 3.05) is 0 Å². The topological polar surface area (TPSA) is 107 Å². The third-order valence-corrected chi connectivity index (χ3v) is 4.07. The predicted molar refractivity (Wildman–Crippen MR) is 86.3 cm³/mol. The first kappa shape index (κ1) is 15.7. The van der Waals surface area contributed by atoms with Crippen LogP contribution in [0.5, 0.6) is 11.5 Å². The molecule has 0 aliphatic heterocycles. The Morgan fingerprint density at radius 1 is 1.04 bits per heavy atom. The van der Waals surface area contributed by atoms with Gasteiger partial charge >= 0.3 is 0 Å². The van der Waals surface area contributed by atoms with Crippen molar-refractivity contribution < 1.29 is 25.0 Å². The van der Waals surface area contributed by atoms with E-state index in [9.17, 15) is 19.8 Å². The van der Waals surface area contributed by atoms with Crippen LogP contribution in [-0.2, 0) is 0 Å². The maximum atomic E-state index is 12.7. The number of nitrogens with zero attached hydrogens (tertiary/aromatic N) is 1. The van der Waals surface area contributed by atoms with E-state index in [-0.39, 0.29) is 33.5 Å². The van der Waals surface area contributed by atoms with Crippen molar-refractivity contribution in [1.82, 2.24) is 0 Å². The van der Waals surface area contributed by atoms with Gasteiger partial charge < -0.3 is 15.4 Å². The zero-order chi connectivity index (χ0) is 17.4. The van der Waals surface area contributed by atoms with Crippen molar-refractivity contribution in [2.24, 2.45) is 5.16 Å². The molecule has 24 heavy (non-hydrogen) atoms. The van der Waals surface area contributed by atoms with Crippen molar-refractivity contribution in [3.05, 3.63) is 58.1 Å². The summed E-state index contributed by atoms with van der Waals surface area (Å²) >= 11 is 0. The fraction of sp³-hybridized carbons (Fsp3) is 0.167. The lowest BCUT2D eigenvalue weighted by Gasteiger charge is -2.21. The lowest BCUT2D eigenvalue weighted by atomic mass is 9.81. The largest absolute Gasteiger partial charge is 0.507 e. The zero-order valence-electron chi connectivity index (χ0n) is 12.9. The van der Waals surface area contributed by atoms with Crippen LogP contribution >= 0.6 is 0 Å². The highest BCUT2D eigenvalue weighted by molar-refractivity contribution is 6.31. The van der Waals surface area contributed by atoms with Gasteiger partial charge in [0.25, 0.3) is 0 Å². The molecule has 1 aliphatic rings. The number of benzene rings is 2. The van der Waals surface area contributed by atoms with Crippen LogP contribution in [0.15, 0.2) is 35.5 Å². The smallest absolute Gasteiger partial charge is 0.198 e. The van der Waals surface area contributed by atoms with Crippen LogP contribution in [0.4, 0.5) is 0 Å². The minimum Gasteiger partial charge on any atom is -0.507 e. The van der Waals surface area contributed by atoms with Crippen molar-refractivity contribution in [2.45, 2.75) is 19.8 Å². The van der Waals surface area contributed by atoms with Crippen molar-refractivity contribution in [3.63, 3.8) is 0 Å². The second kappa shape index (κ2) is 5.81. The summed E-state index contributed by atoms with van der Waals surface area (Å²) in [4.78, 5) is 25.3. The fourth-order valence-electron chi connectivity index (χ4n) is 2.95. The van der Waals surface area contributed by atoms with Crippen molar-refractivity contribution >= 4 is 17.3 Å². The van der Waals surface area contributed by atoms with E-state index in [0.29, 0.717) is 12.8 Å². The Morgan fingerprint density at radius 3 is 2.17 bits per heavy atom. The fourth-order valence-corrected chi connectivity index (χ4v) is 2.95. The van der Waals surface area contributed by atoms with Crippen molar-refractivity contribution in [1.29, 1.82) is 0 Å². The number of hydrogen-bond donors (Lipinski definition) is 3. The molecule has 1 aliphatic carbocycles. The summed E-state index contributed by atoms with van der Waals surface area (Å²) in [6.45, 7) is 1.85. The van der Waals surface area contributed by atoms with Gasteiger partial charge in [-0.25, -0.2) is 0 Å². The molecule has 6 heteroatoms. The SMILES string of the molecule is CCC/C(=N/O)c1cc(O)c2c(c1O)C(=O)c1ccccc1C2=O. The molecular formula is C18H15NO5. The normalized spacial score (nSPS) is 13.6. The third-order valence-electron chi connectivity index (χ3n) is 4.07. The summed E-state index contributed by atoms with van der Waals surface area (Å²) in [5.74, 6) is -1.97. The van der Waals surface area contributed by atoms with E-state index in [1.807, 2.05) is 6.92 Å². The number of hydrogen-bond acceptors (Lipinski definition) is 6. The molecule has 3 N–H and O–H groups in total. The molecule has 0 fully saturated rings. The van der Waals surface area contributed by atoms with Gasteiger partial charge in [-0.1, -0.05) is 42.8 Å². The minimum atomic E-state index is -0.552. The van der Waals surface area contributed by atoms with Gasteiger partial charge in [-0.05, 0) is 12.5 Å². The minimum absolute atomic E-state index is 0.0381. The van der Waals surface area contributed by atoms with Crippen LogP contribution < -0.4 is 0 Å². The molecule has 3 rings (SSSR count). The predicted octanol–water partition coefficient (Wildman–Crippen LogP) is 2.85. The molecule has 2 aromatic rings. The van der Waals surface area contributed by atoms with Gasteiger partial charge in [0, 0.05) is 16.7 Å². The van der Waals surface area contributed by atoms with Gasteiger partial charge in [0.2, 0.25) is 0 Å². The first-order valence-electron chi connectivity index (χ1n) is 7.49. The van der Waals surface area contributed by atoms with E-state index in [1.54, 1.807) is 12.1 Å². The number of ketones is 2. The molecule has 0 amide bonds. The molecule has 122 valence electrons. The molecule has 0 atom stereocenters. The summed E-state index contributed by atoms with van der Waals surface area (Å²) in [6.07, 6.45) is 0.966. The highest BCUT2D eigenvalue weighted by Crippen LogP contribution is 2.40. The molecule has 0 bridgehead atoms. The summed E-state index contributed by atoms with van der Waals surface area (Å²) < 4.78 is 0. The zero-order valence-corrected chi connectivity index (χ0v) is 12.9. The molecule has 0 saturated carbocycles. The highest BCUT2D eigenvalue weighted by Gasteiger charge is 2.36. The second-order valence-electron chi connectivity index (χ2n) is 5.54. The number of aromatic hydroxyl groups is 2. The molecule has 0 heterocycles. The van der Waals surface area contributed by atoms with Crippen LogP contribution in [0, 0.1) is 0 Å². The maximum Gasteiger partial charge on any atom is 0.198 e. The Balaban J connectivity index is 2.30. The number of oxime groups is 1. The number of phenolic OH excluding ortho intramolecular Hbond substituents is 2. The van der Waals surface area contributed by atoms with E-state index >= 15 is 0 Å². The van der Waals surface area contributed by atoms with Crippen LogP contribution in [-0.4, -0.2) is 32.7 Å². The van der Waals surface area contributed by atoms with Gasteiger partial charge in [-0.15, -0.1) is 0 Å². The van der Waals surface area contributed by atoms with Crippen LogP contribution in [0.1, 0.15) is 57.2 Å². The second-order valence-corrected chi connectivity index (χ2v) is 5.54. The molecule has 0 saturated heterocycles. The van der Waals surface area contributed by atoms with E-state index in [2.05, 4.69) is 5.16 Å². The third kappa shape index (κ3) is 2.15. The van der Waals surface area contributed by atoms with Crippen LogP contribution in [0.25, 0.3) is 0 Å². The maximum absolute atomic E-state index is 12.7. The van der Waals surface area contributed by atoms with Crippen LogP contribution in [0.3, 0.4) is 0 Å². The summed E-state index contributed by atoms with van der Waals surface area (Å²) in [5.41, 5.74) is 0.0323. The Bertz CT molecular complexity index is 899. The monoisotopic (exact) mass is 325 g/mol.